The molecule has 2 atom stereocenters. The standard InChI is InChI=1S/C13H16F4N2/c1-8-12(18)4-5-19(8)7-9-2-3-10(14)6-11(9)13(15,16)17/h2-3,6,8,12H,4-5,7,18H2,1H3. The van der Waals surface area contributed by atoms with Gasteiger partial charge in [0.2, 0.25) is 0 Å². The molecule has 1 aliphatic rings. The van der Waals surface area contributed by atoms with E-state index in [1.807, 2.05) is 11.8 Å². The fraction of sp³-hybridized carbons (Fsp3) is 0.538. The van der Waals surface area contributed by atoms with Gasteiger partial charge in [0.1, 0.15) is 5.82 Å². The van der Waals surface area contributed by atoms with Crippen LogP contribution in [0.3, 0.4) is 0 Å². The van der Waals surface area contributed by atoms with Gasteiger partial charge in [-0.15, -0.1) is 0 Å². The Balaban J connectivity index is 2.25. The molecule has 0 bridgehead atoms. The van der Waals surface area contributed by atoms with Crippen LogP contribution in [-0.4, -0.2) is 23.5 Å². The minimum absolute atomic E-state index is 0.0187. The zero-order valence-corrected chi connectivity index (χ0v) is 10.5. The average molecular weight is 276 g/mol. The maximum atomic E-state index is 13.0. The zero-order valence-electron chi connectivity index (χ0n) is 10.5. The van der Waals surface area contributed by atoms with Crippen LogP contribution in [0.15, 0.2) is 18.2 Å². The highest BCUT2D eigenvalue weighted by Gasteiger charge is 2.35. The van der Waals surface area contributed by atoms with E-state index in [4.69, 9.17) is 5.73 Å². The average Bonchev–Trinajstić information content (AvgIpc) is 2.62. The van der Waals surface area contributed by atoms with Crippen molar-refractivity contribution in [1.82, 2.24) is 4.90 Å². The van der Waals surface area contributed by atoms with Gasteiger partial charge in [-0.3, -0.25) is 4.90 Å². The summed E-state index contributed by atoms with van der Waals surface area (Å²) in [5.74, 6) is -0.873. The summed E-state index contributed by atoms with van der Waals surface area (Å²) >= 11 is 0. The summed E-state index contributed by atoms with van der Waals surface area (Å²) in [6, 6.07) is 2.83. The predicted molar refractivity (Wildman–Crippen MR) is 63.9 cm³/mol. The van der Waals surface area contributed by atoms with E-state index in [2.05, 4.69) is 0 Å². The largest absolute Gasteiger partial charge is 0.416 e. The van der Waals surface area contributed by atoms with Gasteiger partial charge in [0, 0.05) is 25.2 Å². The lowest BCUT2D eigenvalue weighted by Crippen LogP contribution is -2.36. The van der Waals surface area contributed by atoms with E-state index in [9.17, 15) is 17.6 Å². The molecule has 0 amide bonds. The van der Waals surface area contributed by atoms with Gasteiger partial charge in [-0.1, -0.05) is 6.07 Å². The number of alkyl halides is 3. The van der Waals surface area contributed by atoms with Crippen molar-refractivity contribution in [2.75, 3.05) is 6.54 Å². The van der Waals surface area contributed by atoms with Crippen LogP contribution in [-0.2, 0) is 12.7 Å². The van der Waals surface area contributed by atoms with Crippen LogP contribution in [0.5, 0.6) is 0 Å². The molecule has 1 aromatic rings. The Morgan fingerprint density at radius 2 is 2.05 bits per heavy atom. The molecule has 1 fully saturated rings. The van der Waals surface area contributed by atoms with E-state index in [1.54, 1.807) is 0 Å². The number of nitrogens with two attached hydrogens (primary N) is 1. The Kier molecular flexibility index (Phi) is 3.82. The molecule has 0 spiro atoms. The van der Waals surface area contributed by atoms with Crippen molar-refractivity contribution in [3.05, 3.63) is 35.1 Å². The number of rotatable bonds is 2. The summed E-state index contributed by atoms with van der Waals surface area (Å²) in [6.07, 6.45) is -3.77. The fourth-order valence-electron chi connectivity index (χ4n) is 2.42. The highest BCUT2D eigenvalue weighted by atomic mass is 19.4. The van der Waals surface area contributed by atoms with E-state index in [1.165, 1.54) is 6.07 Å². The van der Waals surface area contributed by atoms with Crippen molar-refractivity contribution in [2.24, 2.45) is 5.73 Å². The van der Waals surface area contributed by atoms with Gasteiger partial charge < -0.3 is 5.73 Å². The Bertz CT molecular complexity index is 458. The number of benzene rings is 1. The molecule has 2 nitrogen and oxygen atoms in total. The summed E-state index contributed by atoms with van der Waals surface area (Å²) in [7, 11) is 0. The van der Waals surface area contributed by atoms with Gasteiger partial charge in [0.25, 0.3) is 0 Å². The van der Waals surface area contributed by atoms with Crippen LogP contribution >= 0.6 is 0 Å². The maximum Gasteiger partial charge on any atom is 0.416 e. The molecule has 2 rings (SSSR count). The molecule has 1 heterocycles. The molecule has 6 heteroatoms. The molecule has 2 N–H and O–H groups in total. The van der Waals surface area contributed by atoms with E-state index < -0.39 is 17.6 Å². The second-order valence-corrected chi connectivity index (χ2v) is 4.96. The molecule has 19 heavy (non-hydrogen) atoms. The molecule has 1 saturated heterocycles. The van der Waals surface area contributed by atoms with Crippen LogP contribution in [0.4, 0.5) is 17.6 Å². The van der Waals surface area contributed by atoms with E-state index >= 15 is 0 Å². The lowest BCUT2D eigenvalue weighted by Gasteiger charge is -2.24. The fourth-order valence-corrected chi connectivity index (χ4v) is 2.42. The lowest BCUT2D eigenvalue weighted by molar-refractivity contribution is -0.138. The summed E-state index contributed by atoms with van der Waals surface area (Å²) in [5.41, 5.74) is 5.04. The quantitative estimate of drug-likeness (QED) is 0.842. The molecule has 0 aromatic heterocycles. The third-order valence-corrected chi connectivity index (χ3v) is 3.70. The third kappa shape index (κ3) is 3.06. The number of halogens is 4. The molecule has 1 aliphatic heterocycles. The van der Waals surface area contributed by atoms with Gasteiger partial charge in [-0.25, -0.2) is 4.39 Å². The number of likely N-dealkylation sites (tertiary alicyclic amines) is 1. The van der Waals surface area contributed by atoms with Crippen LogP contribution in [0.2, 0.25) is 0 Å². The van der Waals surface area contributed by atoms with E-state index in [0.29, 0.717) is 12.6 Å². The second-order valence-electron chi connectivity index (χ2n) is 4.96. The molecule has 106 valence electrons. The minimum Gasteiger partial charge on any atom is -0.326 e. The van der Waals surface area contributed by atoms with Crippen molar-refractivity contribution in [2.45, 2.75) is 38.1 Å². The highest BCUT2D eigenvalue weighted by molar-refractivity contribution is 5.30. The topological polar surface area (TPSA) is 29.3 Å². The Morgan fingerprint density at radius 1 is 1.37 bits per heavy atom. The zero-order chi connectivity index (χ0) is 14.2. The van der Waals surface area contributed by atoms with Gasteiger partial charge in [0.05, 0.1) is 5.56 Å². The minimum atomic E-state index is -4.54. The van der Waals surface area contributed by atoms with Crippen molar-refractivity contribution >= 4 is 0 Å². The first-order valence-corrected chi connectivity index (χ1v) is 6.14. The number of hydrogen-bond acceptors (Lipinski definition) is 2. The summed E-state index contributed by atoms with van der Waals surface area (Å²) in [5, 5.41) is 0. The Hall–Kier alpha value is -1.14. The molecule has 1 aromatic carbocycles. The lowest BCUT2D eigenvalue weighted by atomic mass is 10.1. The molecule has 0 radical (unpaired) electrons. The van der Waals surface area contributed by atoms with Crippen molar-refractivity contribution in [3.63, 3.8) is 0 Å². The molecule has 0 saturated carbocycles. The van der Waals surface area contributed by atoms with Crippen molar-refractivity contribution in [1.29, 1.82) is 0 Å². The van der Waals surface area contributed by atoms with Crippen molar-refractivity contribution < 1.29 is 17.6 Å². The third-order valence-electron chi connectivity index (χ3n) is 3.70. The monoisotopic (exact) mass is 276 g/mol. The normalized spacial score (nSPS) is 24.9. The smallest absolute Gasteiger partial charge is 0.326 e. The molecular weight excluding hydrogens is 260 g/mol. The maximum absolute atomic E-state index is 13.0. The van der Waals surface area contributed by atoms with Gasteiger partial charge in [-0.05, 0) is 31.0 Å². The van der Waals surface area contributed by atoms with Crippen LogP contribution in [0.25, 0.3) is 0 Å². The first-order chi connectivity index (χ1) is 8.79. The molecular formula is C13H16F4N2. The van der Waals surface area contributed by atoms with E-state index in [-0.39, 0.29) is 24.2 Å². The Labute approximate surface area is 109 Å². The molecule has 2 unspecified atom stereocenters. The van der Waals surface area contributed by atoms with Gasteiger partial charge in [-0.2, -0.15) is 13.2 Å². The van der Waals surface area contributed by atoms with Crippen LogP contribution < -0.4 is 5.73 Å². The predicted octanol–water partition coefficient (Wildman–Crippen LogP) is 2.77. The highest BCUT2D eigenvalue weighted by Crippen LogP contribution is 2.33. The number of nitrogens with zero attached hydrogens (tertiary/aromatic N) is 1. The van der Waals surface area contributed by atoms with Crippen molar-refractivity contribution in [3.8, 4) is 0 Å². The molecule has 0 aliphatic carbocycles. The summed E-state index contributed by atoms with van der Waals surface area (Å²) < 4.78 is 51.6. The van der Waals surface area contributed by atoms with Gasteiger partial charge >= 0.3 is 6.18 Å². The van der Waals surface area contributed by atoms with Crippen LogP contribution in [0.1, 0.15) is 24.5 Å². The first-order valence-electron chi connectivity index (χ1n) is 6.14. The first kappa shape index (κ1) is 14.3. The second kappa shape index (κ2) is 5.09. The Morgan fingerprint density at radius 3 is 2.58 bits per heavy atom. The van der Waals surface area contributed by atoms with Crippen LogP contribution in [0, 0.1) is 5.82 Å². The SMILES string of the molecule is CC1C(N)CCN1Cc1ccc(F)cc1C(F)(F)F. The van der Waals surface area contributed by atoms with E-state index in [0.717, 1.165) is 12.5 Å². The summed E-state index contributed by atoms with van der Waals surface area (Å²) in [4.78, 5) is 1.90. The number of hydrogen-bond donors (Lipinski definition) is 1. The van der Waals surface area contributed by atoms with Gasteiger partial charge in [0.15, 0.2) is 0 Å². The summed E-state index contributed by atoms with van der Waals surface area (Å²) in [6.45, 7) is 2.70.